The molecular formula is C38H40BrCl2N3O5S. The van der Waals surface area contributed by atoms with Gasteiger partial charge in [0.05, 0.1) is 17.2 Å². The third-order valence-corrected chi connectivity index (χ3v) is 11.6. The van der Waals surface area contributed by atoms with Crippen molar-refractivity contribution < 1.29 is 22.7 Å². The molecule has 1 N–H and O–H groups in total. The molecule has 1 aliphatic carbocycles. The SMILES string of the molecule is CCOc1ccc(N(CC(=O)N(Cc2ccc(Cl)cc2Cl)[C@@H](Cc2ccccc2)C(=O)NC2CCCCC2)S(=O)(=O)c2ccc(Br)cc2)cc1. The molecule has 0 spiro atoms. The average Bonchev–Trinajstić information content (AvgIpc) is 3.11. The fraction of sp³-hybridized carbons (Fsp3) is 0.316. The molecule has 5 rings (SSSR count). The second-order valence-corrected chi connectivity index (χ2v) is 15.8. The number of hydrogen-bond acceptors (Lipinski definition) is 5. The topological polar surface area (TPSA) is 96.0 Å². The number of carbonyl (C=O) groups excluding carboxylic acids is 2. The predicted molar refractivity (Wildman–Crippen MR) is 202 cm³/mol. The summed E-state index contributed by atoms with van der Waals surface area (Å²) in [6.45, 7) is 1.65. The molecule has 0 bridgehead atoms. The van der Waals surface area contributed by atoms with Crippen molar-refractivity contribution in [2.75, 3.05) is 17.5 Å². The van der Waals surface area contributed by atoms with Gasteiger partial charge in [-0.25, -0.2) is 8.42 Å². The first-order valence-electron chi connectivity index (χ1n) is 16.6. The molecule has 1 saturated carbocycles. The number of nitrogens with one attached hydrogen (secondary N) is 1. The number of rotatable bonds is 14. The molecule has 0 saturated heterocycles. The molecule has 12 heteroatoms. The first kappa shape index (κ1) is 37.7. The van der Waals surface area contributed by atoms with Gasteiger partial charge in [0.2, 0.25) is 11.8 Å². The van der Waals surface area contributed by atoms with Gasteiger partial charge < -0.3 is 15.0 Å². The summed E-state index contributed by atoms with van der Waals surface area (Å²) < 4.78 is 36.0. The molecule has 0 radical (unpaired) electrons. The van der Waals surface area contributed by atoms with Crippen LogP contribution in [0, 0.1) is 0 Å². The van der Waals surface area contributed by atoms with Crippen molar-refractivity contribution in [2.45, 2.75) is 69.0 Å². The molecule has 8 nitrogen and oxygen atoms in total. The summed E-state index contributed by atoms with van der Waals surface area (Å²) in [4.78, 5) is 30.5. The van der Waals surface area contributed by atoms with Crippen LogP contribution in [0.4, 0.5) is 5.69 Å². The van der Waals surface area contributed by atoms with Gasteiger partial charge in [0.1, 0.15) is 18.3 Å². The van der Waals surface area contributed by atoms with Crippen LogP contribution < -0.4 is 14.4 Å². The van der Waals surface area contributed by atoms with Crippen LogP contribution in [-0.4, -0.2) is 50.4 Å². The molecule has 1 atom stereocenters. The van der Waals surface area contributed by atoms with Crippen LogP contribution in [0.15, 0.2) is 106 Å². The molecule has 264 valence electrons. The van der Waals surface area contributed by atoms with E-state index in [0.717, 1.165) is 42.0 Å². The summed E-state index contributed by atoms with van der Waals surface area (Å²) in [5.74, 6) is -0.322. The van der Waals surface area contributed by atoms with Gasteiger partial charge in [-0.15, -0.1) is 0 Å². The molecule has 50 heavy (non-hydrogen) atoms. The van der Waals surface area contributed by atoms with E-state index in [9.17, 15) is 18.0 Å². The number of amides is 2. The molecule has 1 fully saturated rings. The zero-order valence-corrected chi connectivity index (χ0v) is 31.6. The minimum absolute atomic E-state index is 0.00515. The maximum Gasteiger partial charge on any atom is 0.264 e. The van der Waals surface area contributed by atoms with Crippen molar-refractivity contribution in [2.24, 2.45) is 0 Å². The molecule has 0 aromatic heterocycles. The summed E-state index contributed by atoms with van der Waals surface area (Å²) in [6, 6.07) is 26.2. The molecule has 0 unspecified atom stereocenters. The Morgan fingerprint density at radius 1 is 0.920 bits per heavy atom. The van der Waals surface area contributed by atoms with E-state index < -0.39 is 28.5 Å². The van der Waals surface area contributed by atoms with Gasteiger partial charge in [0.15, 0.2) is 0 Å². The molecule has 1 aliphatic rings. The smallest absolute Gasteiger partial charge is 0.264 e. The van der Waals surface area contributed by atoms with Crippen LogP contribution in [0.25, 0.3) is 0 Å². The summed E-state index contributed by atoms with van der Waals surface area (Å²) in [6.07, 6.45) is 5.08. The van der Waals surface area contributed by atoms with E-state index >= 15 is 0 Å². The maximum absolute atomic E-state index is 14.8. The minimum Gasteiger partial charge on any atom is -0.494 e. The summed E-state index contributed by atoms with van der Waals surface area (Å²) in [7, 11) is -4.26. The van der Waals surface area contributed by atoms with Gasteiger partial charge in [-0.05, 0) is 91.6 Å². The third-order valence-electron chi connectivity index (χ3n) is 8.69. The first-order valence-corrected chi connectivity index (χ1v) is 19.6. The number of anilines is 1. The summed E-state index contributed by atoms with van der Waals surface area (Å²) in [5.41, 5.74) is 1.68. The molecular weight excluding hydrogens is 761 g/mol. The van der Waals surface area contributed by atoms with Crippen molar-refractivity contribution in [1.82, 2.24) is 10.2 Å². The Balaban J connectivity index is 1.58. The van der Waals surface area contributed by atoms with Gasteiger partial charge in [-0.2, -0.15) is 0 Å². The quantitative estimate of drug-likeness (QED) is 0.138. The highest BCUT2D eigenvalue weighted by Gasteiger charge is 2.35. The fourth-order valence-electron chi connectivity index (χ4n) is 6.07. The average molecular weight is 802 g/mol. The minimum atomic E-state index is -4.26. The summed E-state index contributed by atoms with van der Waals surface area (Å²) >= 11 is 16.2. The van der Waals surface area contributed by atoms with E-state index in [1.54, 1.807) is 54.6 Å². The van der Waals surface area contributed by atoms with Crippen LogP contribution in [0.5, 0.6) is 5.75 Å². The van der Waals surface area contributed by atoms with E-state index in [1.807, 2.05) is 37.3 Å². The zero-order valence-electron chi connectivity index (χ0n) is 27.7. The van der Waals surface area contributed by atoms with Crippen LogP contribution in [-0.2, 0) is 32.6 Å². The second-order valence-electron chi connectivity index (χ2n) is 12.2. The van der Waals surface area contributed by atoms with E-state index in [0.29, 0.717) is 32.4 Å². The molecule has 4 aromatic rings. The van der Waals surface area contributed by atoms with Crippen molar-refractivity contribution in [3.8, 4) is 5.75 Å². The van der Waals surface area contributed by atoms with Crippen LogP contribution >= 0.6 is 39.1 Å². The van der Waals surface area contributed by atoms with Crippen molar-refractivity contribution in [3.05, 3.63) is 123 Å². The highest BCUT2D eigenvalue weighted by Crippen LogP contribution is 2.29. The maximum atomic E-state index is 14.8. The number of carbonyl (C=O) groups is 2. The highest BCUT2D eigenvalue weighted by atomic mass is 79.9. The van der Waals surface area contributed by atoms with Crippen LogP contribution in [0.2, 0.25) is 10.0 Å². The Morgan fingerprint density at radius 3 is 2.24 bits per heavy atom. The fourth-order valence-corrected chi connectivity index (χ4v) is 8.22. The molecule has 0 aliphatic heterocycles. The van der Waals surface area contributed by atoms with Gasteiger partial charge >= 0.3 is 0 Å². The van der Waals surface area contributed by atoms with Crippen molar-refractivity contribution in [3.63, 3.8) is 0 Å². The number of benzene rings is 4. The normalized spacial score (nSPS) is 14.1. The lowest BCUT2D eigenvalue weighted by Gasteiger charge is -2.35. The number of ether oxygens (including phenoxy) is 1. The second kappa shape index (κ2) is 17.6. The van der Waals surface area contributed by atoms with E-state index in [-0.39, 0.29) is 35.5 Å². The molecule has 4 aromatic carbocycles. The van der Waals surface area contributed by atoms with Crippen molar-refractivity contribution in [1.29, 1.82) is 0 Å². The van der Waals surface area contributed by atoms with Gasteiger partial charge in [-0.1, -0.05) is 94.8 Å². The van der Waals surface area contributed by atoms with Gasteiger partial charge in [-0.3, -0.25) is 13.9 Å². The first-order chi connectivity index (χ1) is 24.0. The van der Waals surface area contributed by atoms with Gasteiger partial charge in [0.25, 0.3) is 10.0 Å². The largest absolute Gasteiger partial charge is 0.494 e. The van der Waals surface area contributed by atoms with Crippen LogP contribution in [0.1, 0.15) is 50.2 Å². The Labute approximate surface area is 312 Å². The number of halogens is 3. The Hall–Kier alpha value is -3.57. The number of nitrogens with zero attached hydrogens (tertiary/aromatic N) is 2. The predicted octanol–water partition coefficient (Wildman–Crippen LogP) is 8.44. The van der Waals surface area contributed by atoms with Crippen LogP contribution in [0.3, 0.4) is 0 Å². The lowest BCUT2D eigenvalue weighted by Crippen LogP contribution is -2.55. The lowest BCUT2D eigenvalue weighted by molar-refractivity contribution is -0.140. The third kappa shape index (κ3) is 9.81. The monoisotopic (exact) mass is 799 g/mol. The zero-order chi connectivity index (χ0) is 35.7. The molecule has 2 amide bonds. The highest BCUT2D eigenvalue weighted by molar-refractivity contribution is 9.10. The lowest BCUT2D eigenvalue weighted by atomic mass is 9.94. The standard InChI is InChI=1S/C38H40BrCl2N3O5S/c1-2-49-33-19-17-32(18-20-33)44(50(47,48)34-21-14-29(39)15-22-34)26-37(45)43(25-28-13-16-30(40)24-35(28)41)36(23-27-9-5-3-6-10-27)38(46)42-31-11-7-4-8-12-31/h3,5-6,9-10,13-22,24,31,36H,2,4,7-8,11-12,23,25-26H2,1H3,(H,42,46)/t36-/m0/s1. The Kier molecular flexibility index (Phi) is 13.2. The Bertz CT molecular complexity index is 1860. The molecule has 0 heterocycles. The summed E-state index contributed by atoms with van der Waals surface area (Å²) in [5, 5.41) is 3.96. The van der Waals surface area contributed by atoms with E-state index in [1.165, 1.54) is 17.0 Å². The van der Waals surface area contributed by atoms with Gasteiger partial charge in [0, 0.05) is 33.5 Å². The number of hydrogen-bond donors (Lipinski definition) is 1. The van der Waals surface area contributed by atoms with E-state index in [2.05, 4.69) is 21.2 Å². The van der Waals surface area contributed by atoms with E-state index in [4.69, 9.17) is 27.9 Å². The number of sulfonamides is 1. The Morgan fingerprint density at radius 2 is 1.60 bits per heavy atom. The van der Waals surface area contributed by atoms with Crippen molar-refractivity contribution >= 4 is 66.7 Å².